The summed E-state index contributed by atoms with van der Waals surface area (Å²) in [6.45, 7) is 7.34. The Balaban J connectivity index is 1.10. The van der Waals surface area contributed by atoms with Gasteiger partial charge in [0.15, 0.2) is 11.5 Å². The number of hydrogen-bond donors (Lipinski definition) is 2. The third kappa shape index (κ3) is 6.67. The Hall–Kier alpha value is -3.72. The highest BCUT2D eigenvalue weighted by Gasteiger charge is 2.25. The number of fused-ring (bicyclic) bond motifs is 2. The molecule has 15 heteroatoms. The van der Waals surface area contributed by atoms with E-state index in [1.807, 2.05) is 31.4 Å². The highest BCUT2D eigenvalue weighted by atomic mass is 35.5. The fourth-order valence-corrected chi connectivity index (χ4v) is 5.63. The molecule has 232 valence electrons. The van der Waals surface area contributed by atoms with Crippen LogP contribution in [0.4, 0.5) is 4.39 Å². The van der Waals surface area contributed by atoms with Crippen LogP contribution in [0.15, 0.2) is 43.2 Å². The van der Waals surface area contributed by atoms with Crippen molar-refractivity contribution in [2.45, 2.75) is 64.0 Å². The molecule has 1 amide bonds. The summed E-state index contributed by atoms with van der Waals surface area (Å²) < 4.78 is 40.4. The molecule has 12 nitrogen and oxygen atoms in total. The molecule has 1 fully saturated rings. The summed E-state index contributed by atoms with van der Waals surface area (Å²) >= 11 is 5.91. The summed E-state index contributed by atoms with van der Waals surface area (Å²) in [5.41, 5.74) is 4.42. The fraction of sp³-hybridized carbons (Fsp3) is 0.414. The van der Waals surface area contributed by atoms with Crippen molar-refractivity contribution in [3.05, 3.63) is 82.3 Å². The maximum atomic E-state index is 14.5. The van der Waals surface area contributed by atoms with E-state index in [0.29, 0.717) is 37.9 Å². The molecule has 0 radical (unpaired) electrons. The summed E-state index contributed by atoms with van der Waals surface area (Å²) in [5.74, 6) is -0.520. The highest BCUT2D eigenvalue weighted by molar-refractivity contribution is 7.84. The third-order valence-electron chi connectivity index (χ3n) is 7.22. The van der Waals surface area contributed by atoms with Gasteiger partial charge in [0, 0.05) is 30.7 Å². The zero-order valence-corrected chi connectivity index (χ0v) is 26.2. The quantitative estimate of drug-likeness (QED) is 0.198. The van der Waals surface area contributed by atoms with Crippen molar-refractivity contribution in [3.8, 4) is 0 Å². The van der Waals surface area contributed by atoms with E-state index < -0.39 is 22.7 Å². The largest absolute Gasteiger partial charge is 0.375 e. The van der Waals surface area contributed by atoms with E-state index in [4.69, 9.17) is 21.3 Å². The Kier molecular flexibility index (Phi) is 8.51. The molecule has 6 rings (SSSR count). The van der Waals surface area contributed by atoms with Gasteiger partial charge in [-0.3, -0.25) is 4.79 Å². The minimum absolute atomic E-state index is 0.00935. The first-order valence-electron chi connectivity index (χ1n) is 14.3. The van der Waals surface area contributed by atoms with Crippen LogP contribution >= 0.6 is 11.6 Å². The van der Waals surface area contributed by atoms with E-state index in [9.17, 15) is 13.4 Å². The SMILES string of the molecule is CC(C)(C)S(=O)NCCOCc1cc(C2CC2)cn2cc(Cn3cc(C(=O)NCc4ncn5ccc(Cl)c(F)c45)nn3)nc12. The van der Waals surface area contributed by atoms with Gasteiger partial charge >= 0.3 is 0 Å². The first-order valence-corrected chi connectivity index (χ1v) is 15.8. The molecule has 1 saturated carbocycles. The number of nitrogens with zero attached hydrogens (tertiary/aromatic N) is 7. The predicted molar refractivity (Wildman–Crippen MR) is 163 cm³/mol. The van der Waals surface area contributed by atoms with E-state index in [1.165, 1.54) is 41.4 Å². The fourth-order valence-electron chi connectivity index (χ4n) is 4.79. The number of carbonyl (C=O) groups excluding carboxylic acids is 1. The van der Waals surface area contributed by atoms with Crippen molar-refractivity contribution >= 4 is 39.7 Å². The Morgan fingerprint density at radius 2 is 2.05 bits per heavy atom. The van der Waals surface area contributed by atoms with Gasteiger partial charge in [0.05, 0.1) is 71.0 Å². The second-order valence-corrected chi connectivity index (χ2v) is 14.2. The van der Waals surface area contributed by atoms with Gasteiger partial charge in [0.25, 0.3) is 5.91 Å². The molecule has 0 bridgehead atoms. The normalized spacial score (nSPS) is 14.5. The van der Waals surface area contributed by atoms with Crippen molar-refractivity contribution in [2.24, 2.45) is 0 Å². The van der Waals surface area contributed by atoms with Crippen LogP contribution in [0.25, 0.3) is 11.2 Å². The summed E-state index contributed by atoms with van der Waals surface area (Å²) in [7, 11) is -1.15. The van der Waals surface area contributed by atoms with Gasteiger partial charge in [-0.1, -0.05) is 16.8 Å². The molecule has 0 spiro atoms. The van der Waals surface area contributed by atoms with E-state index in [0.717, 1.165) is 16.9 Å². The molecule has 1 atom stereocenters. The maximum absolute atomic E-state index is 14.5. The average Bonchev–Trinajstić information content (AvgIpc) is 3.38. The lowest BCUT2D eigenvalue weighted by Gasteiger charge is -2.18. The van der Waals surface area contributed by atoms with E-state index >= 15 is 0 Å². The van der Waals surface area contributed by atoms with Crippen molar-refractivity contribution in [2.75, 3.05) is 13.2 Å². The molecule has 1 unspecified atom stereocenters. The lowest BCUT2D eigenvalue weighted by atomic mass is 10.1. The summed E-state index contributed by atoms with van der Waals surface area (Å²) in [6, 6.07) is 3.60. The lowest BCUT2D eigenvalue weighted by Crippen LogP contribution is -2.35. The van der Waals surface area contributed by atoms with Crippen LogP contribution in [-0.2, 0) is 35.4 Å². The molecular formula is C29H33ClFN9O3S. The Morgan fingerprint density at radius 1 is 1.23 bits per heavy atom. The Bertz CT molecular complexity index is 1860. The molecule has 44 heavy (non-hydrogen) atoms. The van der Waals surface area contributed by atoms with Crippen molar-refractivity contribution in [1.29, 1.82) is 0 Å². The number of nitrogens with one attached hydrogen (secondary N) is 2. The molecule has 1 aliphatic carbocycles. The van der Waals surface area contributed by atoms with E-state index in [-0.39, 0.29) is 27.5 Å². The van der Waals surface area contributed by atoms with Gasteiger partial charge in [-0.05, 0) is 57.2 Å². The molecule has 1 aliphatic rings. The number of rotatable bonds is 12. The molecule has 0 aromatic carbocycles. The average molecular weight is 642 g/mol. The van der Waals surface area contributed by atoms with Crippen molar-refractivity contribution < 1.29 is 18.1 Å². The van der Waals surface area contributed by atoms with Gasteiger partial charge in [0.2, 0.25) is 0 Å². The number of hydrogen-bond acceptors (Lipinski definition) is 7. The predicted octanol–water partition coefficient (Wildman–Crippen LogP) is 3.79. The standard InChI is InChI=1S/C29H33ClFN9O3S/c1-29(2,3)44(42)34-7-9-43-16-20-10-19(18-4-5-18)12-39-13-21(35-27(20)39)14-40-15-24(36-37-40)28(41)32-11-23-26-25(31)22(30)6-8-38(26)17-33-23/h6,8,10,12-13,15,17-18,34H,4-5,7,9,11,14,16H2,1-3H3,(H,32,41). The lowest BCUT2D eigenvalue weighted by molar-refractivity contribution is 0.0945. The van der Waals surface area contributed by atoms with Crippen LogP contribution in [0.5, 0.6) is 0 Å². The number of carbonyl (C=O) groups is 1. The van der Waals surface area contributed by atoms with Gasteiger partial charge in [-0.25, -0.2) is 28.0 Å². The Morgan fingerprint density at radius 3 is 2.82 bits per heavy atom. The van der Waals surface area contributed by atoms with Gasteiger partial charge < -0.3 is 18.9 Å². The highest BCUT2D eigenvalue weighted by Crippen LogP contribution is 2.40. The van der Waals surface area contributed by atoms with Crippen LogP contribution < -0.4 is 10.0 Å². The second-order valence-electron chi connectivity index (χ2n) is 11.8. The molecule has 5 aromatic rings. The number of amides is 1. The zero-order valence-electron chi connectivity index (χ0n) is 24.6. The van der Waals surface area contributed by atoms with Crippen molar-refractivity contribution in [3.63, 3.8) is 0 Å². The smallest absolute Gasteiger partial charge is 0.273 e. The summed E-state index contributed by atoms with van der Waals surface area (Å²) in [5, 5.41) is 10.8. The van der Waals surface area contributed by atoms with Crippen LogP contribution in [-0.4, -0.2) is 61.8 Å². The van der Waals surface area contributed by atoms with Crippen LogP contribution in [0.1, 0.15) is 72.5 Å². The number of halogens is 2. The molecule has 0 aliphatic heterocycles. The van der Waals surface area contributed by atoms with E-state index in [2.05, 4.69) is 37.6 Å². The van der Waals surface area contributed by atoms with Crippen LogP contribution in [0.2, 0.25) is 5.02 Å². The molecule has 0 saturated heterocycles. The summed E-state index contributed by atoms with van der Waals surface area (Å²) in [4.78, 5) is 21.8. The number of pyridine rings is 2. The first-order chi connectivity index (χ1) is 21.1. The second kappa shape index (κ2) is 12.3. The maximum Gasteiger partial charge on any atom is 0.273 e. The minimum atomic E-state index is -1.15. The molecular weight excluding hydrogens is 609 g/mol. The number of aromatic nitrogens is 7. The topological polar surface area (TPSA) is 133 Å². The summed E-state index contributed by atoms with van der Waals surface area (Å²) in [6.07, 6.45) is 11.0. The van der Waals surface area contributed by atoms with E-state index in [1.54, 1.807) is 10.9 Å². The van der Waals surface area contributed by atoms with Gasteiger partial charge in [-0.15, -0.1) is 5.10 Å². The van der Waals surface area contributed by atoms with Crippen molar-refractivity contribution in [1.82, 2.24) is 43.8 Å². The first kappa shape index (κ1) is 30.3. The Labute approximate surface area is 260 Å². The molecule has 5 heterocycles. The van der Waals surface area contributed by atoms with Gasteiger partial charge in [0.1, 0.15) is 11.2 Å². The number of imidazole rings is 2. The monoisotopic (exact) mass is 641 g/mol. The van der Waals surface area contributed by atoms with Crippen LogP contribution in [0, 0.1) is 5.82 Å². The molecule has 2 N–H and O–H groups in total. The third-order valence-corrected chi connectivity index (χ3v) is 9.09. The minimum Gasteiger partial charge on any atom is -0.375 e. The molecule has 5 aromatic heterocycles. The van der Waals surface area contributed by atoms with Crippen LogP contribution in [0.3, 0.4) is 0 Å². The zero-order chi connectivity index (χ0) is 31.0. The van der Waals surface area contributed by atoms with Gasteiger partial charge in [-0.2, -0.15) is 0 Å². The number of ether oxygens (including phenoxy) is 1.